The van der Waals surface area contributed by atoms with Gasteiger partial charge in [-0.1, -0.05) is 52.0 Å². The minimum Gasteiger partial charge on any atom is -0.508 e. The second-order valence-electron chi connectivity index (χ2n) is 8.93. The topological polar surface area (TPSA) is 57.5 Å². The van der Waals surface area contributed by atoms with Gasteiger partial charge in [0.2, 0.25) is 0 Å². The van der Waals surface area contributed by atoms with Crippen LogP contribution in [-0.4, -0.2) is 16.2 Å². The number of hydrogen-bond acceptors (Lipinski definition) is 2. The Balaban J connectivity index is 2.18. The van der Waals surface area contributed by atoms with Crippen LogP contribution in [0.1, 0.15) is 68.4 Å². The molecule has 0 aliphatic heterocycles. The van der Waals surface area contributed by atoms with E-state index in [1.165, 1.54) is 23.3 Å². The maximum absolute atomic E-state index is 11.9. The third-order valence-electron chi connectivity index (χ3n) is 5.95. The number of carbonyl (C=O) groups is 1. The molecule has 0 aromatic heterocycles. The number of phenols is 1. The van der Waals surface area contributed by atoms with Crippen LogP contribution in [0.2, 0.25) is 0 Å². The van der Waals surface area contributed by atoms with Crippen molar-refractivity contribution in [3.05, 3.63) is 64.2 Å². The lowest BCUT2D eigenvalue weighted by molar-refractivity contribution is -0.130. The highest BCUT2D eigenvalue weighted by Gasteiger charge is 2.37. The average Bonchev–Trinajstić information content (AvgIpc) is 2.58. The normalized spacial score (nSPS) is 18.0. The number of benzene rings is 2. The van der Waals surface area contributed by atoms with Crippen LogP contribution in [0, 0.1) is 6.92 Å². The van der Waals surface area contributed by atoms with Crippen LogP contribution in [0.5, 0.6) is 5.75 Å². The molecule has 0 amide bonds. The third kappa shape index (κ3) is 3.64. The number of aromatic hydroxyl groups is 1. The highest BCUT2D eigenvalue weighted by Crippen LogP contribution is 2.46. The summed E-state index contributed by atoms with van der Waals surface area (Å²) in [5, 5.41) is 19.2. The highest BCUT2D eigenvalue weighted by molar-refractivity contribution is 6.20. The SMILES string of the molecule is Cc1cc2c(cc1C=C(C(=O)O)c1ccc(O)cc1)C(C)(C)CCC2(C)C. The summed E-state index contributed by atoms with van der Waals surface area (Å²) in [5.41, 5.74) is 5.71. The van der Waals surface area contributed by atoms with Crippen molar-refractivity contribution in [3.63, 3.8) is 0 Å². The molecule has 0 heterocycles. The Kier molecular flexibility index (Phi) is 4.67. The molecule has 3 nitrogen and oxygen atoms in total. The predicted molar refractivity (Wildman–Crippen MR) is 110 cm³/mol. The molecule has 0 fully saturated rings. The molecular formula is C24H28O3. The molecule has 142 valence electrons. The second-order valence-corrected chi connectivity index (χ2v) is 8.93. The van der Waals surface area contributed by atoms with Gasteiger partial charge in [0.25, 0.3) is 0 Å². The van der Waals surface area contributed by atoms with Gasteiger partial charge in [-0.3, -0.25) is 0 Å². The summed E-state index contributed by atoms with van der Waals surface area (Å²) in [7, 11) is 0. The molecule has 2 aromatic rings. The Bertz CT molecular complexity index is 915. The molecular weight excluding hydrogens is 336 g/mol. The molecule has 1 aliphatic rings. The van der Waals surface area contributed by atoms with Crippen molar-refractivity contribution in [1.29, 1.82) is 0 Å². The largest absolute Gasteiger partial charge is 0.508 e. The third-order valence-corrected chi connectivity index (χ3v) is 5.95. The number of hydrogen-bond donors (Lipinski definition) is 2. The summed E-state index contributed by atoms with van der Waals surface area (Å²) in [4.78, 5) is 11.9. The molecule has 0 unspecified atom stereocenters. The number of aryl methyl sites for hydroxylation is 1. The van der Waals surface area contributed by atoms with Gasteiger partial charge < -0.3 is 10.2 Å². The zero-order chi connectivity index (χ0) is 20.0. The maximum atomic E-state index is 11.9. The summed E-state index contributed by atoms with van der Waals surface area (Å²) >= 11 is 0. The van der Waals surface area contributed by atoms with E-state index in [1.54, 1.807) is 18.2 Å². The van der Waals surface area contributed by atoms with Crippen molar-refractivity contribution in [2.24, 2.45) is 0 Å². The molecule has 0 radical (unpaired) electrons. The van der Waals surface area contributed by atoms with Gasteiger partial charge in [-0.25, -0.2) is 4.79 Å². The van der Waals surface area contributed by atoms with Gasteiger partial charge in [-0.2, -0.15) is 0 Å². The van der Waals surface area contributed by atoms with Gasteiger partial charge in [0.15, 0.2) is 0 Å². The van der Waals surface area contributed by atoms with E-state index in [2.05, 4.69) is 39.8 Å². The average molecular weight is 364 g/mol. The van der Waals surface area contributed by atoms with E-state index >= 15 is 0 Å². The first kappa shape index (κ1) is 19.2. The monoisotopic (exact) mass is 364 g/mol. The molecule has 0 saturated heterocycles. The Morgan fingerprint density at radius 3 is 2.00 bits per heavy atom. The van der Waals surface area contributed by atoms with Crippen molar-refractivity contribution >= 4 is 17.6 Å². The first-order valence-electron chi connectivity index (χ1n) is 9.41. The fraction of sp³-hybridized carbons (Fsp3) is 0.375. The molecule has 0 saturated carbocycles. The van der Waals surface area contributed by atoms with E-state index in [-0.39, 0.29) is 22.2 Å². The quantitative estimate of drug-likeness (QED) is 0.544. The van der Waals surface area contributed by atoms with E-state index in [4.69, 9.17) is 0 Å². The van der Waals surface area contributed by atoms with Gasteiger partial charge in [-0.15, -0.1) is 0 Å². The summed E-state index contributed by atoms with van der Waals surface area (Å²) in [5.74, 6) is -0.852. The molecule has 3 rings (SSSR count). The zero-order valence-corrected chi connectivity index (χ0v) is 16.8. The molecule has 3 heteroatoms. The highest BCUT2D eigenvalue weighted by atomic mass is 16.4. The van der Waals surface area contributed by atoms with Crippen molar-refractivity contribution in [2.75, 3.05) is 0 Å². The van der Waals surface area contributed by atoms with E-state index in [9.17, 15) is 15.0 Å². The standard InChI is InChI=1S/C24H28O3/c1-15-12-20-21(24(4,5)11-10-23(20,2)3)14-17(15)13-19(22(26)27)16-6-8-18(25)9-7-16/h6-9,12-14,25H,10-11H2,1-5H3,(H,26,27). The first-order chi connectivity index (χ1) is 12.5. The minimum absolute atomic E-state index is 0.0725. The van der Waals surface area contributed by atoms with Crippen LogP contribution in [0.3, 0.4) is 0 Å². The fourth-order valence-electron chi connectivity index (χ4n) is 3.96. The van der Waals surface area contributed by atoms with Crippen molar-refractivity contribution in [3.8, 4) is 5.75 Å². The number of carboxylic acid groups (broad SMARTS) is 1. The van der Waals surface area contributed by atoms with Crippen molar-refractivity contribution in [1.82, 2.24) is 0 Å². The van der Waals surface area contributed by atoms with Crippen LogP contribution in [0.25, 0.3) is 11.6 Å². The number of phenolic OH excluding ortho intramolecular Hbond substituents is 1. The molecule has 2 aromatic carbocycles. The molecule has 2 N–H and O–H groups in total. The number of fused-ring (bicyclic) bond motifs is 1. The van der Waals surface area contributed by atoms with Crippen LogP contribution in [0.4, 0.5) is 0 Å². The van der Waals surface area contributed by atoms with Gasteiger partial charge in [-0.05, 0) is 76.6 Å². The van der Waals surface area contributed by atoms with Crippen LogP contribution < -0.4 is 0 Å². The number of rotatable bonds is 3. The zero-order valence-electron chi connectivity index (χ0n) is 16.8. The number of carboxylic acids is 1. The maximum Gasteiger partial charge on any atom is 0.336 e. The second kappa shape index (κ2) is 6.56. The molecule has 0 spiro atoms. The Labute approximate surface area is 161 Å². The van der Waals surface area contributed by atoms with E-state index < -0.39 is 5.97 Å². The molecule has 1 aliphatic carbocycles. The fourth-order valence-corrected chi connectivity index (χ4v) is 3.96. The Hall–Kier alpha value is -2.55. The van der Waals surface area contributed by atoms with Gasteiger partial charge >= 0.3 is 5.97 Å². The summed E-state index contributed by atoms with van der Waals surface area (Å²) in [6.45, 7) is 11.1. The molecule has 0 bridgehead atoms. The first-order valence-corrected chi connectivity index (χ1v) is 9.41. The molecule has 0 atom stereocenters. The lowest BCUT2D eigenvalue weighted by atomic mass is 9.62. The lowest BCUT2D eigenvalue weighted by Crippen LogP contribution is -2.34. The summed E-state index contributed by atoms with van der Waals surface area (Å²) < 4.78 is 0. The minimum atomic E-state index is -0.975. The van der Waals surface area contributed by atoms with E-state index in [0.29, 0.717) is 5.56 Å². The van der Waals surface area contributed by atoms with Gasteiger partial charge in [0.05, 0.1) is 5.57 Å². The van der Waals surface area contributed by atoms with Crippen molar-refractivity contribution in [2.45, 2.75) is 58.3 Å². The summed E-state index contributed by atoms with van der Waals surface area (Å²) in [6.07, 6.45) is 4.01. The van der Waals surface area contributed by atoms with E-state index in [0.717, 1.165) is 24.0 Å². The molecule has 27 heavy (non-hydrogen) atoms. The Morgan fingerprint density at radius 2 is 1.48 bits per heavy atom. The Morgan fingerprint density at radius 1 is 0.963 bits per heavy atom. The van der Waals surface area contributed by atoms with Crippen LogP contribution >= 0.6 is 0 Å². The predicted octanol–water partition coefficient (Wildman–Crippen LogP) is 5.67. The van der Waals surface area contributed by atoms with Crippen LogP contribution in [0.15, 0.2) is 36.4 Å². The summed E-state index contributed by atoms with van der Waals surface area (Å²) in [6, 6.07) is 10.7. The van der Waals surface area contributed by atoms with Crippen molar-refractivity contribution < 1.29 is 15.0 Å². The van der Waals surface area contributed by atoms with Gasteiger partial charge in [0, 0.05) is 0 Å². The van der Waals surface area contributed by atoms with E-state index in [1.807, 2.05) is 6.92 Å². The number of aliphatic carboxylic acids is 1. The van der Waals surface area contributed by atoms with Gasteiger partial charge in [0.1, 0.15) is 5.75 Å². The smallest absolute Gasteiger partial charge is 0.336 e. The lowest BCUT2D eigenvalue weighted by Gasteiger charge is -2.42. The van der Waals surface area contributed by atoms with Crippen LogP contribution in [-0.2, 0) is 15.6 Å².